The summed E-state index contributed by atoms with van der Waals surface area (Å²) in [6.45, 7) is 2.59. The quantitative estimate of drug-likeness (QED) is 0.509. The molecule has 3 rings (SSSR count). The highest BCUT2D eigenvalue weighted by molar-refractivity contribution is 5.40. The van der Waals surface area contributed by atoms with Crippen molar-refractivity contribution in [2.24, 2.45) is 0 Å². The zero-order chi connectivity index (χ0) is 17.8. The van der Waals surface area contributed by atoms with E-state index >= 15 is 0 Å². The second-order valence-corrected chi connectivity index (χ2v) is 5.91. The molecule has 0 amide bonds. The topological polar surface area (TPSA) is 77.1 Å². The average Bonchev–Trinajstić information content (AvgIpc) is 3.16. The minimum Gasteiger partial charge on any atom is -0.295 e. The standard InChI is InChI=1S/C18H19N5O2/c1-14(15-7-9-17(10-8-15)22-13-19-12-20-22)21(2)11-16-5-3-4-6-18(16)23(24)25/h3-10,12-14H,11H2,1-2H3. The fourth-order valence-electron chi connectivity index (χ4n) is 2.73. The Morgan fingerprint density at radius 2 is 1.92 bits per heavy atom. The molecule has 1 aromatic heterocycles. The van der Waals surface area contributed by atoms with Crippen LogP contribution >= 0.6 is 0 Å². The fourth-order valence-corrected chi connectivity index (χ4v) is 2.73. The Labute approximate surface area is 145 Å². The van der Waals surface area contributed by atoms with Gasteiger partial charge in [-0.05, 0) is 31.7 Å². The molecule has 7 nitrogen and oxygen atoms in total. The van der Waals surface area contributed by atoms with Crippen molar-refractivity contribution in [1.82, 2.24) is 19.7 Å². The Hall–Kier alpha value is -3.06. The maximum atomic E-state index is 11.2. The van der Waals surface area contributed by atoms with Crippen LogP contribution in [0.25, 0.3) is 5.69 Å². The lowest BCUT2D eigenvalue weighted by Gasteiger charge is -2.25. The van der Waals surface area contributed by atoms with Gasteiger partial charge in [-0.3, -0.25) is 15.0 Å². The molecule has 128 valence electrons. The molecule has 0 aliphatic rings. The van der Waals surface area contributed by atoms with Gasteiger partial charge in [-0.15, -0.1) is 0 Å². The number of hydrogen-bond acceptors (Lipinski definition) is 5. The number of nitro groups is 1. The summed E-state index contributed by atoms with van der Waals surface area (Å²) in [5, 5.41) is 15.3. The van der Waals surface area contributed by atoms with Crippen molar-refractivity contribution in [1.29, 1.82) is 0 Å². The molecule has 0 fully saturated rings. The molecule has 1 heterocycles. The van der Waals surface area contributed by atoms with Gasteiger partial charge in [0, 0.05) is 24.2 Å². The first kappa shape index (κ1) is 16.8. The predicted molar refractivity (Wildman–Crippen MR) is 94.3 cm³/mol. The Morgan fingerprint density at radius 3 is 2.56 bits per heavy atom. The van der Waals surface area contributed by atoms with E-state index in [-0.39, 0.29) is 16.7 Å². The lowest BCUT2D eigenvalue weighted by Crippen LogP contribution is -2.22. The Bertz CT molecular complexity index is 846. The maximum absolute atomic E-state index is 11.2. The first-order chi connectivity index (χ1) is 12.1. The van der Waals surface area contributed by atoms with E-state index in [9.17, 15) is 10.1 Å². The molecule has 3 aromatic rings. The van der Waals surface area contributed by atoms with Crippen LogP contribution in [0.1, 0.15) is 24.1 Å². The third kappa shape index (κ3) is 3.72. The number of benzene rings is 2. The van der Waals surface area contributed by atoms with Gasteiger partial charge in [0.25, 0.3) is 5.69 Å². The largest absolute Gasteiger partial charge is 0.295 e. The Morgan fingerprint density at radius 1 is 1.20 bits per heavy atom. The van der Waals surface area contributed by atoms with Crippen LogP contribution in [0.4, 0.5) is 5.69 Å². The molecule has 0 saturated carbocycles. The van der Waals surface area contributed by atoms with E-state index in [1.807, 2.05) is 37.4 Å². The van der Waals surface area contributed by atoms with Gasteiger partial charge in [-0.2, -0.15) is 5.10 Å². The monoisotopic (exact) mass is 337 g/mol. The predicted octanol–water partition coefficient (Wildman–Crippen LogP) is 3.37. The molecule has 0 bridgehead atoms. The summed E-state index contributed by atoms with van der Waals surface area (Å²) in [5.41, 5.74) is 2.93. The molecule has 25 heavy (non-hydrogen) atoms. The summed E-state index contributed by atoms with van der Waals surface area (Å²) in [6.07, 6.45) is 3.15. The third-order valence-corrected chi connectivity index (χ3v) is 4.33. The van der Waals surface area contributed by atoms with Crippen LogP contribution in [0.15, 0.2) is 61.2 Å². The third-order valence-electron chi connectivity index (χ3n) is 4.33. The zero-order valence-electron chi connectivity index (χ0n) is 14.1. The fraction of sp³-hybridized carbons (Fsp3) is 0.222. The number of para-hydroxylation sites is 1. The number of hydrogen-bond donors (Lipinski definition) is 0. The molecule has 0 aliphatic carbocycles. The summed E-state index contributed by atoms with van der Waals surface area (Å²) in [7, 11) is 1.97. The van der Waals surface area contributed by atoms with Crippen molar-refractivity contribution in [3.8, 4) is 5.69 Å². The van der Waals surface area contributed by atoms with Gasteiger partial charge in [0.1, 0.15) is 12.7 Å². The number of aromatic nitrogens is 3. The van der Waals surface area contributed by atoms with Crippen LogP contribution in [-0.4, -0.2) is 31.6 Å². The average molecular weight is 337 g/mol. The van der Waals surface area contributed by atoms with Crippen LogP contribution in [0.5, 0.6) is 0 Å². The van der Waals surface area contributed by atoms with Gasteiger partial charge >= 0.3 is 0 Å². The molecule has 0 N–H and O–H groups in total. The van der Waals surface area contributed by atoms with E-state index in [0.717, 1.165) is 11.3 Å². The first-order valence-corrected chi connectivity index (χ1v) is 7.94. The zero-order valence-corrected chi connectivity index (χ0v) is 14.1. The molecule has 0 spiro atoms. The highest BCUT2D eigenvalue weighted by Gasteiger charge is 2.18. The van der Waals surface area contributed by atoms with Crippen molar-refractivity contribution >= 4 is 5.69 Å². The highest BCUT2D eigenvalue weighted by Crippen LogP contribution is 2.25. The van der Waals surface area contributed by atoms with Crippen molar-refractivity contribution in [2.45, 2.75) is 19.5 Å². The van der Waals surface area contributed by atoms with Crippen molar-refractivity contribution < 1.29 is 4.92 Å². The Balaban J connectivity index is 1.74. The van der Waals surface area contributed by atoms with E-state index in [1.165, 1.54) is 6.33 Å². The van der Waals surface area contributed by atoms with Crippen molar-refractivity contribution in [3.05, 3.63) is 82.4 Å². The maximum Gasteiger partial charge on any atom is 0.273 e. The molecule has 0 saturated heterocycles. The van der Waals surface area contributed by atoms with E-state index in [4.69, 9.17) is 0 Å². The lowest BCUT2D eigenvalue weighted by molar-refractivity contribution is -0.385. The van der Waals surface area contributed by atoms with Crippen LogP contribution in [0.2, 0.25) is 0 Å². The minimum absolute atomic E-state index is 0.115. The molecule has 0 radical (unpaired) electrons. The van der Waals surface area contributed by atoms with Gasteiger partial charge in [0.05, 0.1) is 10.6 Å². The number of rotatable bonds is 6. The van der Waals surface area contributed by atoms with Gasteiger partial charge in [0.15, 0.2) is 0 Å². The molecular formula is C18H19N5O2. The van der Waals surface area contributed by atoms with Gasteiger partial charge in [0.2, 0.25) is 0 Å². The van der Waals surface area contributed by atoms with Gasteiger partial charge in [-0.25, -0.2) is 9.67 Å². The molecule has 1 atom stereocenters. The summed E-state index contributed by atoms with van der Waals surface area (Å²) in [4.78, 5) is 16.9. The first-order valence-electron chi connectivity index (χ1n) is 7.94. The Kier molecular flexibility index (Phi) is 4.85. The van der Waals surface area contributed by atoms with E-state index < -0.39 is 0 Å². The minimum atomic E-state index is -0.333. The molecule has 1 unspecified atom stereocenters. The van der Waals surface area contributed by atoms with Crippen LogP contribution in [0.3, 0.4) is 0 Å². The summed E-state index contributed by atoms with van der Waals surface area (Å²) >= 11 is 0. The van der Waals surface area contributed by atoms with E-state index in [1.54, 1.807) is 29.2 Å². The molecule has 0 aliphatic heterocycles. The van der Waals surface area contributed by atoms with Crippen LogP contribution in [-0.2, 0) is 6.54 Å². The normalized spacial score (nSPS) is 12.3. The smallest absolute Gasteiger partial charge is 0.273 e. The van der Waals surface area contributed by atoms with Crippen molar-refractivity contribution in [2.75, 3.05) is 7.05 Å². The van der Waals surface area contributed by atoms with Crippen molar-refractivity contribution in [3.63, 3.8) is 0 Å². The van der Waals surface area contributed by atoms with Gasteiger partial charge < -0.3 is 0 Å². The second-order valence-electron chi connectivity index (χ2n) is 5.91. The van der Waals surface area contributed by atoms with Crippen LogP contribution < -0.4 is 0 Å². The van der Waals surface area contributed by atoms with Gasteiger partial charge in [-0.1, -0.05) is 30.3 Å². The number of nitrogens with zero attached hydrogens (tertiary/aromatic N) is 5. The van der Waals surface area contributed by atoms with E-state index in [2.05, 4.69) is 21.9 Å². The highest BCUT2D eigenvalue weighted by atomic mass is 16.6. The van der Waals surface area contributed by atoms with Crippen LogP contribution in [0, 0.1) is 10.1 Å². The summed E-state index contributed by atoms with van der Waals surface area (Å²) < 4.78 is 1.70. The second kappa shape index (κ2) is 7.23. The lowest BCUT2D eigenvalue weighted by atomic mass is 10.1. The summed E-state index contributed by atoms with van der Waals surface area (Å²) in [6, 6.07) is 15.0. The molecular weight excluding hydrogens is 318 g/mol. The SMILES string of the molecule is CC(c1ccc(-n2cncn2)cc1)N(C)Cc1ccccc1[N+](=O)[O-]. The van der Waals surface area contributed by atoms with E-state index in [0.29, 0.717) is 12.1 Å². The number of nitro benzene ring substituents is 1. The summed E-state index contributed by atoms with van der Waals surface area (Å²) in [5.74, 6) is 0. The molecule has 7 heteroatoms. The molecule has 2 aromatic carbocycles.